The van der Waals surface area contributed by atoms with Crippen LogP contribution >= 0.6 is 11.6 Å². The van der Waals surface area contributed by atoms with Crippen molar-refractivity contribution in [2.24, 2.45) is 11.8 Å². The molecule has 0 aromatic carbocycles. The number of hydrogen-bond donors (Lipinski definition) is 1. The monoisotopic (exact) mass is 352 g/mol. The number of aryl methyl sites for hydroxylation is 1. The summed E-state index contributed by atoms with van der Waals surface area (Å²) in [5.74, 6) is 2.88. The highest BCUT2D eigenvalue weighted by Crippen LogP contribution is 2.46. The minimum atomic E-state index is 0.666. The molecule has 2 saturated carbocycles. The molecular formula is C19H33ClN4. The third kappa shape index (κ3) is 3.97. The molecule has 0 aliphatic heterocycles. The molecule has 1 heterocycles. The average molecular weight is 353 g/mol. The first kappa shape index (κ1) is 18.2. The molecule has 0 spiro atoms. The highest BCUT2D eigenvalue weighted by atomic mass is 35.5. The normalized spacial score (nSPS) is 29.8. The number of fused-ring (bicyclic) bond motifs is 1. The Morgan fingerprint density at radius 2 is 1.71 bits per heavy atom. The molecule has 4 atom stereocenters. The Hall–Kier alpha value is -0.580. The zero-order valence-corrected chi connectivity index (χ0v) is 16.4. The maximum atomic E-state index is 6.35. The predicted octanol–water partition coefficient (Wildman–Crippen LogP) is 3.96. The van der Waals surface area contributed by atoms with Gasteiger partial charge in [-0.25, -0.2) is 4.98 Å². The van der Waals surface area contributed by atoms with Crippen LogP contribution in [0, 0.1) is 11.8 Å². The van der Waals surface area contributed by atoms with Crippen LogP contribution in [0.2, 0.25) is 5.15 Å². The third-order valence-electron chi connectivity index (χ3n) is 6.27. The number of nitrogens with zero attached hydrogens (tertiary/aromatic N) is 3. The molecule has 136 valence electrons. The largest absolute Gasteiger partial charge is 0.344 e. The van der Waals surface area contributed by atoms with Crippen molar-refractivity contribution in [3.05, 3.63) is 16.7 Å². The Morgan fingerprint density at radius 1 is 1.08 bits per heavy atom. The molecule has 2 aliphatic carbocycles. The second kappa shape index (κ2) is 7.76. The van der Waals surface area contributed by atoms with Gasteiger partial charge < -0.3 is 9.88 Å². The van der Waals surface area contributed by atoms with E-state index in [0.717, 1.165) is 48.8 Å². The van der Waals surface area contributed by atoms with Crippen LogP contribution in [-0.2, 0) is 13.0 Å². The lowest BCUT2D eigenvalue weighted by Crippen LogP contribution is -2.31. The van der Waals surface area contributed by atoms with Crippen molar-refractivity contribution in [2.75, 3.05) is 21.1 Å². The first-order valence-electron chi connectivity index (χ1n) is 9.57. The van der Waals surface area contributed by atoms with E-state index in [0.29, 0.717) is 11.2 Å². The van der Waals surface area contributed by atoms with E-state index in [1.54, 1.807) is 0 Å². The van der Waals surface area contributed by atoms with Gasteiger partial charge in [-0.3, -0.25) is 4.90 Å². The van der Waals surface area contributed by atoms with E-state index in [1.807, 2.05) is 0 Å². The average Bonchev–Trinajstić information content (AvgIpc) is 3.18. The van der Waals surface area contributed by atoms with Crippen molar-refractivity contribution < 1.29 is 0 Å². The maximum Gasteiger partial charge on any atom is 0.151 e. The fourth-order valence-corrected chi connectivity index (χ4v) is 4.93. The standard InChI is InChI=1S/C19H33ClN4/c1-5-6-7-18-21-17(19(20)22-18)12-24(4)16-10-13-8-15(23(2)3)9-14(13)11-16/h13-16H,5-12H2,1-4H3,(H,21,22)/t13-,14+,15?,16?. The Kier molecular flexibility index (Phi) is 5.89. The maximum absolute atomic E-state index is 6.35. The van der Waals surface area contributed by atoms with Gasteiger partial charge in [-0.05, 0) is 65.1 Å². The summed E-state index contributed by atoms with van der Waals surface area (Å²) in [6.45, 7) is 3.09. The molecule has 24 heavy (non-hydrogen) atoms. The second-order valence-electron chi connectivity index (χ2n) is 8.21. The number of aromatic nitrogens is 2. The van der Waals surface area contributed by atoms with Crippen molar-refractivity contribution in [3.63, 3.8) is 0 Å². The first-order valence-corrected chi connectivity index (χ1v) is 9.95. The van der Waals surface area contributed by atoms with E-state index in [4.69, 9.17) is 11.6 Å². The van der Waals surface area contributed by atoms with Gasteiger partial charge in [-0.2, -0.15) is 0 Å². The van der Waals surface area contributed by atoms with Crippen molar-refractivity contribution in [2.45, 2.75) is 70.5 Å². The number of H-pyrrole nitrogens is 1. The Bertz CT molecular complexity index is 527. The zero-order chi connectivity index (χ0) is 17.3. The molecule has 5 heteroatoms. The molecule has 2 aliphatic rings. The lowest BCUT2D eigenvalue weighted by molar-refractivity contribution is 0.210. The molecule has 1 aromatic rings. The minimum absolute atomic E-state index is 0.666. The molecule has 0 bridgehead atoms. The zero-order valence-electron chi connectivity index (χ0n) is 15.7. The molecule has 2 unspecified atom stereocenters. The summed E-state index contributed by atoms with van der Waals surface area (Å²) in [4.78, 5) is 12.9. The van der Waals surface area contributed by atoms with E-state index in [-0.39, 0.29) is 0 Å². The van der Waals surface area contributed by atoms with Crippen molar-refractivity contribution in [1.82, 2.24) is 19.8 Å². The van der Waals surface area contributed by atoms with E-state index in [1.165, 1.54) is 32.1 Å². The number of nitrogens with one attached hydrogen (secondary N) is 1. The Labute approximate surface area is 152 Å². The summed E-state index contributed by atoms with van der Waals surface area (Å²) in [7, 11) is 6.70. The molecule has 2 fully saturated rings. The quantitative estimate of drug-likeness (QED) is 0.806. The molecule has 0 amide bonds. The molecular weight excluding hydrogens is 320 g/mol. The number of rotatable bonds is 7. The van der Waals surface area contributed by atoms with E-state index < -0.39 is 0 Å². The summed E-state index contributed by atoms with van der Waals surface area (Å²) in [5.41, 5.74) is 1.09. The SMILES string of the molecule is CCCCc1nc(Cl)c(CN(C)C2C[C@H]3CC(N(C)C)C[C@H]3C2)[nH]1. The van der Waals surface area contributed by atoms with Gasteiger partial charge in [-0.15, -0.1) is 0 Å². The molecule has 1 aromatic heterocycles. The van der Waals surface area contributed by atoms with Crippen LogP contribution in [0.1, 0.15) is 57.0 Å². The molecule has 1 N–H and O–H groups in total. The van der Waals surface area contributed by atoms with Gasteiger partial charge in [0.2, 0.25) is 0 Å². The summed E-state index contributed by atoms with van der Waals surface area (Å²) >= 11 is 6.35. The van der Waals surface area contributed by atoms with Crippen LogP contribution in [0.15, 0.2) is 0 Å². The number of aromatic amines is 1. The van der Waals surface area contributed by atoms with E-state index in [2.05, 4.69) is 47.8 Å². The van der Waals surface area contributed by atoms with E-state index in [9.17, 15) is 0 Å². The smallest absolute Gasteiger partial charge is 0.151 e. The highest BCUT2D eigenvalue weighted by molar-refractivity contribution is 6.30. The number of unbranched alkanes of at least 4 members (excludes halogenated alkanes) is 1. The van der Waals surface area contributed by atoms with Crippen LogP contribution in [-0.4, -0.2) is 53.0 Å². The first-order chi connectivity index (χ1) is 11.5. The lowest BCUT2D eigenvalue weighted by atomic mass is 10.0. The van der Waals surface area contributed by atoms with Gasteiger partial charge in [0.05, 0.1) is 5.69 Å². The molecule has 4 nitrogen and oxygen atoms in total. The highest BCUT2D eigenvalue weighted by Gasteiger charge is 2.43. The van der Waals surface area contributed by atoms with Crippen LogP contribution in [0.3, 0.4) is 0 Å². The summed E-state index contributed by atoms with van der Waals surface area (Å²) < 4.78 is 0. The van der Waals surface area contributed by atoms with Crippen LogP contribution in [0.5, 0.6) is 0 Å². The Morgan fingerprint density at radius 3 is 2.29 bits per heavy atom. The van der Waals surface area contributed by atoms with Crippen molar-refractivity contribution >= 4 is 11.6 Å². The topological polar surface area (TPSA) is 35.2 Å². The Balaban J connectivity index is 1.53. The van der Waals surface area contributed by atoms with Crippen LogP contribution in [0.25, 0.3) is 0 Å². The second-order valence-corrected chi connectivity index (χ2v) is 8.56. The van der Waals surface area contributed by atoms with Gasteiger partial charge in [0.25, 0.3) is 0 Å². The van der Waals surface area contributed by atoms with Gasteiger partial charge in [-0.1, -0.05) is 24.9 Å². The van der Waals surface area contributed by atoms with Crippen LogP contribution < -0.4 is 0 Å². The fourth-order valence-electron chi connectivity index (χ4n) is 4.72. The molecule has 0 radical (unpaired) electrons. The number of imidazole rings is 1. The predicted molar refractivity (Wildman–Crippen MR) is 100 cm³/mol. The molecule has 3 rings (SSSR count). The summed E-state index contributed by atoms with van der Waals surface area (Å²) in [6.07, 6.45) is 8.81. The van der Waals surface area contributed by atoms with Crippen molar-refractivity contribution in [3.8, 4) is 0 Å². The number of hydrogen-bond acceptors (Lipinski definition) is 3. The fraction of sp³-hybridized carbons (Fsp3) is 0.842. The number of halogens is 1. The van der Waals surface area contributed by atoms with Gasteiger partial charge >= 0.3 is 0 Å². The van der Waals surface area contributed by atoms with Crippen LogP contribution in [0.4, 0.5) is 0 Å². The van der Waals surface area contributed by atoms with Gasteiger partial charge in [0.1, 0.15) is 5.82 Å². The molecule has 0 saturated heterocycles. The van der Waals surface area contributed by atoms with Crippen molar-refractivity contribution in [1.29, 1.82) is 0 Å². The van der Waals surface area contributed by atoms with E-state index >= 15 is 0 Å². The van der Waals surface area contributed by atoms with Gasteiger partial charge in [0.15, 0.2) is 5.15 Å². The summed E-state index contributed by atoms with van der Waals surface area (Å²) in [6, 6.07) is 1.50. The minimum Gasteiger partial charge on any atom is -0.344 e. The summed E-state index contributed by atoms with van der Waals surface area (Å²) in [5, 5.41) is 0.666. The lowest BCUT2D eigenvalue weighted by Gasteiger charge is -2.26. The third-order valence-corrected chi connectivity index (χ3v) is 6.58. The van der Waals surface area contributed by atoms with Gasteiger partial charge in [0, 0.05) is 25.0 Å².